The molecule has 4 nitrogen and oxygen atoms in total. The molecule has 0 spiro atoms. The van der Waals surface area contributed by atoms with Crippen LogP contribution >= 0.6 is 0 Å². The quantitative estimate of drug-likeness (QED) is 0.853. The Hall–Kier alpha value is -1.81. The molecule has 2 N–H and O–H groups in total. The van der Waals surface area contributed by atoms with Gasteiger partial charge < -0.3 is 14.8 Å². The number of hydrogen-bond acceptors (Lipinski definition) is 3. The van der Waals surface area contributed by atoms with E-state index in [0.717, 1.165) is 23.3 Å². The highest BCUT2D eigenvalue weighted by atomic mass is 16.4. The van der Waals surface area contributed by atoms with Gasteiger partial charge in [-0.2, -0.15) is 0 Å². The Bertz CT molecular complexity index is 542. The molecular weight excluding hydrogens is 230 g/mol. The molecule has 0 bridgehead atoms. The van der Waals surface area contributed by atoms with E-state index in [-0.39, 0.29) is 12.0 Å². The topological polar surface area (TPSA) is 62.5 Å². The molecule has 2 unspecified atom stereocenters. The van der Waals surface area contributed by atoms with Crippen LogP contribution in [0.15, 0.2) is 34.7 Å². The minimum atomic E-state index is -0.711. The molecule has 0 amide bonds. The van der Waals surface area contributed by atoms with Crippen molar-refractivity contribution in [1.29, 1.82) is 0 Å². The Morgan fingerprint density at radius 1 is 1.39 bits per heavy atom. The number of hydrogen-bond donors (Lipinski definition) is 2. The highest BCUT2D eigenvalue weighted by molar-refractivity contribution is 5.77. The van der Waals surface area contributed by atoms with Gasteiger partial charge in [0.15, 0.2) is 0 Å². The third-order valence-corrected chi connectivity index (χ3v) is 3.54. The number of para-hydroxylation sites is 1. The first-order valence-corrected chi connectivity index (χ1v) is 6.19. The molecule has 2 aromatic rings. The van der Waals surface area contributed by atoms with Crippen molar-refractivity contribution in [3.05, 3.63) is 36.1 Å². The van der Waals surface area contributed by atoms with Crippen molar-refractivity contribution in [2.24, 2.45) is 5.92 Å². The molecule has 18 heavy (non-hydrogen) atoms. The summed E-state index contributed by atoms with van der Waals surface area (Å²) >= 11 is 0. The molecule has 1 fully saturated rings. The van der Waals surface area contributed by atoms with Crippen LogP contribution in [0.3, 0.4) is 0 Å². The van der Waals surface area contributed by atoms with E-state index in [1.165, 1.54) is 0 Å². The Morgan fingerprint density at radius 3 is 3.00 bits per heavy atom. The minimum absolute atomic E-state index is 0.00671. The van der Waals surface area contributed by atoms with Gasteiger partial charge in [-0.1, -0.05) is 18.2 Å². The number of fused-ring (bicyclic) bond motifs is 1. The van der Waals surface area contributed by atoms with Crippen molar-refractivity contribution >= 4 is 16.9 Å². The van der Waals surface area contributed by atoms with Crippen LogP contribution < -0.4 is 5.32 Å². The SMILES string of the molecule is O=C(O)C1CCNC(c2cc3ccccc3o2)C1. The Morgan fingerprint density at radius 2 is 2.22 bits per heavy atom. The van der Waals surface area contributed by atoms with Crippen molar-refractivity contribution in [3.8, 4) is 0 Å². The standard InChI is InChI=1S/C14H15NO3/c16-14(17)10-5-6-15-11(7-10)13-8-9-3-1-2-4-12(9)18-13/h1-4,8,10-11,15H,5-7H2,(H,16,17). The van der Waals surface area contributed by atoms with Crippen LogP contribution in [0, 0.1) is 5.92 Å². The van der Waals surface area contributed by atoms with E-state index in [1.807, 2.05) is 30.3 Å². The molecule has 1 aromatic heterocycles. The number of benzene rings is 1. The van der Waals surface area contributed by atoms with Gasteiger partial charge >= 0.3 is 5.97 Å². The van der Waals surface area contributed by atoms with E-state index in [0.29, 0.717) is 12.8 Å². The second-order valence-corrected chi connectivity index (χ2v) is 4.75. The van der Waals surface area contributed by atoms with Gasteiger partial charge in [0.05, 0.1) is 12.0 Å². The largest absolute Gasteiger partial charge is 0.481 e. The summed E-state index contributed by atoms with van der Waals surface area (Å²) in [6.45, 7) is 0.721. The normalized spacial score (nSPS) is 24.2. The van der Waals surface area contributed by atoms with E-state index in [9.17, 15) is 4.79 Å². The van der Waals surface area contributed by atoms with Crippen LogP contribution in [0.2, 0.25) is 0 Å². The summed E-state index contributed by atoms with van der Waals surface area (Å²) < 4.78 is 5.78. The van der Waals surface area contributed by atoms with E-state index in [2.05, 4.69) is 5.32 Å². The summed E-state index contributed by atoms with van der Waals surface area (Å²) in [7, 11) is 0. The molecule has 0 radical (unpaired) electrons. The summed E-state index contributed by atoms with van der Waals surface area (Å²) in [5.41, 5.74) is 0.853. The zero-order valence-corrected chi connectivity index (χ0v) is 9.93. The van der Waals surface area contributed by atoms with Crippen molar-refractivity contribution in [3.63, 3.8) is 0 Å². The fourth-order valence-corrected chi connectivity index (χ4v) is 2.53. The summed E-state index contributed by atoms with van der Waals surface area (Å²) in [5.74, 6) is -0.149. The third kappa shape index (κ3) is 1.99. The van der Waals surface area contributed by atoms with Crippen LogP contribution in [-0.4, -0.2) is 17.6 Å². The van der Waals surface area contributed by atoms with Crippen LogP contribution in [0.5, 0.6) is 0 Å². The van der Waals surface area contributed by atoms with Gasteiger partial charge in [-0.3, -0.25) is 4.79 Å². The lowest BCUT2D eigenvalue weighted by atomic mass is 9.91. The van der Waals surface area contributed by atoms with Gasteiger partial charge in [0, 0.05) is 5.39 Å². The van der Waals surface area contributed by atoms with Gasteiger partial charge in [0.1, 0.15) is 11.3 Å². The molecule has 3 rings (SSSR count). The van der Waals surface area contributed by atoms with Crippen molar-refractivity contribution in [1.82, 2.24) is 5.32 Å². The minimum Gasteiger partial charge on any atom is -0.481 e. The Balaban J connectivity index is 1.87. The van der Waals surface area contributed by atoms with Gasteiger partial charge in [-0.25, -0.2) is 0 Å². The number of nitrogens with one attached hydrogen (secondary N) is 1. The molecule has 1 aliphatic heterocycles. The number of furan rings is 1. The predicted octanol–water partition coefficient (Wildman–Crippen LogP) is 2.56. The highest BCUT2D eigenvalue weighted by Gasteiger charge is 2.29. The van der Waals surface area contributed by atoms with E-state index in [1.54, 1.807) is 0 Å². The first kappa shape index (κ1) is 11.3. The van der Waals surface area contributed by atoms with Gasteiger partial charge in [0.2, 0.25) is 0 Å². The van der Waals surface area contributed by atoms with E-state index >= 15 is 0 Å². The smallest absolute Gasteiger partial charge is 0.306 e. The van der Waals surface area contributed by atoms with Gasteiger partial charge in [0.25, 0.3) is 0 Å². The van der Waals surface area contributed by atoms with E-state index in [4.69, 9.17) is 9.52 Å². The molecule has 2 heterocycles. The molecule has 1 aliphatic rings. The first-order valence-electron chi connectivity index (χ1n) is 6.19. The highest BCUT2D eigenvalue weighted by Crippen LogP contribution is 2.31. The number of carboxylic acid groups (broad SMARTS) is 1. The molecule has 0 aliphatic carbocycles. The summed E-state index contributed by atoms with van der Waals surface area (Å²) in [6, 6.07) is 9.83. The lowest BCUT2D eigenvalue weighted by Gasteiger charge is -2.26. The van der Waals surface area contributed by atoms with Crippen LogP contribution in [0.25, 0.3) is 11.0 Å². The summed E-state index contributed by atoms with van der Waals surface area (Å²) in [4.78, 5) is 11.0. The molecule has 94 valence electrons. The molecule has 1 saturated heterocycles. The lowest BCUT2D eigenvalue weighted by Crippen LogP contribution is -2.34. The zero-order chi connectivity index (χ0) is 12.5. The van der Waals surface area contributed by atoms with Crippen LogP contribution in [-0.2, 0) is 4.79 Å². The first-order chi connectivity index (χ1) is 8.74. The summed E-state index contributed by atoms with van der Waals surface area (Å²) in [6.07, 6.45) is 1.28. The molecule has 0 saturated carbocycles. The van der Waals surface area contributed by atoms with Gasteiger partial charge in [-0.15, -0.1) is 0 Å². The number of rotatable bonds is 2. The molecule has 2 atom stereocenters. The monoisotopic (exact) mass is 245 g/mol. The van der Waals surface area contributed by atoms with Crippen molar-refractivity contribution in [2.45, 2.75) is 18.9 Å². The maximum atomic E-state index is 11.0. The summed E-state index contributed by atoms with van der Waals surface area (Å²) in [5, 5.41) is 13.5. The molecule has 1 aromatic carbocycles. The lowest BCUT2D eigenvalue weighted by molar-refractivity contribution is -0.143. The fourth-order valence-electron chi connectivity index (χ4n) is 2.53. The number of aliphatic carboxylic acids is 1. The average Bonchev–Trinajstić information content (AvgIpc) is 2.82. The predicted molar refractivity (Wildman–Crippen MR) is 67.3 cm³/mol. The van der Waals surface area contributed by atoms with Crippen molar-refractivity contribution < 1.29 is 14.3 Å². The molecule has 4 heteroatoms. The number of carboxylic acids is 1. The van der Waals surface area contributed by atoms with Crippen molar-refractivity contribution in [2.75, 3.05) is 6.54 Å². The Labute approximate surface area is 105 Å². The van der Waals surface area contributed by atoms with Crippen LogP contribution in [0.1, 0.15) is 24.6 Å². The third-order valence-electron chi connectivity index (χ3n) is 3.54. The molecular formula is C14H15NO3. The van der Waals surface area contributed by atoms with Gasteiger partial charge in [-0.05, 0) is 31.5 Å². The average molecular weight is 245 g/mol. The van der Waals surface area contributed by atoms with Crippen LogP contribution in [0.4, 0.5) is 0 Å². The second-order valence-electron chi connectivity index (χ2n) is 4.75. The maximum absolute atomic E-state index is 11.0. The zero-order valence-electron chi connectivity index (χ0n) is 9.93. The maximum Gasteiger partial charge on any atom is 0.306 e. The van der Waals surface area contributed by atoms with E-state index < -0.39 is 5.97 Å². The fraction of sp³-hybridized carbons (Fsp3) is 0.357. The second kappa shape index (κ2) is 4.46. The Kier molecular flexibility index (Phi) is 2.80. The number of piperidine rings is 1. The number of carbonyl (C=O) groups is 1.